The molecule has 5 heteroatoms. The Bertz CT molecular complexity index is 277. The summed E-state index contributed by atoms with van der Waals surface area (Å²) in [4.78, 5) is 14.8. The summed E-state index contributed by atoms with van der Waals surface area (Å²) in [7, 11) is 0. The Labute approximate surface area is 79.8 Å². The average molecular weight is 217 g/mol. The number of carbonyl (C=O) groups is 1. The SMILES string of the molecule is NOc1ccccc1C(=O)O.[Cu]. The van der Waals surface area contributed by atoms with Crippen molar-refractivity contribution in [1.29, 1.82) is 0 Å². The summed E-state index contributed by atoms with van der Waals surface area (Å²) >= 11 is 0. The maximum absolute atomic E-state index is 10.4. The molecule has 0 aromatic heterocycles. The minimum Gasteiger partial charge on any atom is -0.478 e. The van der Waals surface area contributed by atoms with Gasteiger partial charge in [-0.15, -0.1) is 0 Å². The zero-order valence-corrected chi connectivity index (χ0v) is 6.89. The van der Waals surface area contributed by atoms with Gasteiger partial charge in [0.25, 0.3) is 0 Å². The van der Waals surface area contributed by atoms with E-state index in [-0.39, 0.29) is 28.4 Å². The van der Waals surface area contributed by atoms with Crippen molar-refractivity contribution in [3.05, 3.63) is 29.8 Å². The van der Waals surface area contributed by atoms with Gasteiger partial charge < -0.3 is 9.94 Å². The number of rotatable bonds is 2. The van der Waals surface area contributed by atoms with Gasteiger partial charge >= 0.3 is 5.97 Å². The third-order valence-electron chi connectivity index (χ3n) is 1.24. The molecule has 0 fully saturated rings. The molecular weight excluding hydrogens is 210 g/mol. The van der Waals surface area contributed by atoms with Crippen molar-refractivity contribution < 1.29 is 31.8 Å². The topological polar surface area (TPSA) is 72.5 Å². The van der Waals surface area contributed by atoms with Gasteiger partial charge in [-0.1, -0.05) is 12.1 Å². The fourth-order valence-corrected chi connectivity index (χ4v) is 0.746. The molecule has 69 valence electrons. The molecule has 0 unspecified atom stereocenters. The van der Waals surface area contributed by atoms with Crippen LogP contribution in [0.15, 0.2) is 24.3 Å². The molecule has 1 aromatic carbocycles. The van der Waals surface area contributed by atoms with Gasteiger partial charge in [0.2, 0.25) is 0 Å². The molecule has 0 amide bonds. The van der Waals surface area contributed by atoms with E-state index in [1.165, 1.54) is 12.1 Å². The largest absolute Gasteiger partial charge is 0.478 e. The second-order valence-corrected chi connectivity index (χ2v) is 1.92. The van der Waals surface area contributed by atoms with Gasteiger partial charge in [0.15, 0.2) is 5.75 Å². The summed E-state index contributed by atoms with van der Waals surface area (Å²) in [6.45, 7) is 0. The summed E-state index contributed by atoms with van der Waals surface area (Å²) in [5.74, 6) is 3.94. The van der Waals surface area contributed by atoms with Crippen molar-refractivity contribution in [3.63, 3.8) is 0 Å². The summed E-state index contributed by atoms with van der Waals surface area (Å²) in [5.41, 5.74) is 0.0648. The van der Waals surface area contributed by atoms with Crippen LogP contribution in [0.25, 0.3) is 0 Å². The fourth-order valence-electron chi connectivity index (χ4n) is 0.746. The van der Waals surface area contributed by atoms with E-state index >= 15 is 0 Å². The van der Waals surface area contributed by atoms with E-state index in [1.807, 2.05) is 0 Å². The quantitative estimate of drug-likeness (QED) is 0.562. The maximum atomic E-state index is 10.4. The molecule has 3 N–H and O–H groups in total. The third-order valence-corrected chi connectivity index (χ3v) is 1.24. The Morgan fingerprint density at radius 1 is 1.42 bits per heavy atom. The van der Waals surface area contributed by atoms with Gasteiger partial charge in [-0.3, -0.25) is 0 Å². The normalized spacial score (nSPS) is 8.42. The van der Waals surface area contributed by atoms with Crippen LogP contribution >= 0.6 is 0 Å². The molecule has 0 spiro atoms. The monoisotopic (exact) mass is 216 g/mol. The van der Waals surface area contributed by atoms with Crippen LogP contribution in [0.4, 0.5) is 0 Å². The molecule has 0 aliphatic carbocycles. The van der Waals surface area contributed by atoms with Gasteiger partial charge in [0.05, 0.1) is 0 Å². The Morgan fingerprint density at radius 2 is 2.00 bits per heavy atom. The van der Waals surface area contributed by atoms with Gasteiger partial charge in [0, 0.05) is 17.1 Å². The van der Waals surface area contributed by atoms with Gasteiger partial charge in [0.1, 0.15) is 5.56 Å². The van der Waals surface area contributed by atoms with Crippen molar-refractivity contribution in [2.45, 2.75) is 0 Å². The average Bonchev–Trinajstić information content (AvgIpc) is 2.04. The molecule has 1 radical (unpaired) electrons. The Kier molecular flexibility index (Phi) is 4.36. The first-order chi connectivity index (χ1) is 5.25. The Morgan fingerprint density at radius 3 is 2.42 bits per heavy atom. The minimum absolute atomic E-state index is 0. The van der Waals surface area contributed by atoms with Crippen LogP contribution < -0.4 is 10.7 Å². The first-order valence-corrected chi connectivity index (χ1v) is 2.94. The number of carboxylic acid groups (broad SMARTS) is 1. The Hall–Kier alpha value is -1.03. The van der Waals surface area contributed by atoms with E-state index in [1.54, 1.807) is 12.1 Å². The van der Waals surface area contributed by atoms with E-state index in [2.05, 4.69) is 4.84 Å². The van der Waals surface area contributed by atoms with E-state index in [9.17, 15) is 4.79 Å². The molecule has 0 aliphatic heterocycles. The van der Waals surface area contributed by atoms with Crippen LogP contribution in [0.3, 0.4) is 0 Å². The summed E-state index contributed by atoms with van der Waals surface area (Å²) in [6, 6.07) is 6.16. The summed E-state index contributed by atoms with van der Waals surface area (Å²) < 4.78 is 0. The summed E-state index contributed by atoms with van der Waals surface area (Å²) in [5, 5.41) is 8.56. The minimum atomic E-state index is -1.05. The molecule has 0 saturated heterocycles. The summed E-state index contributed by atoms with van der Waals surface area (Å²) in [6.07, 6.45) is 0. The smallest absolute Gasteiger partial charge is 0.339 e. The number of aromatic carboxylic acids is 1. The van der Waals surface area contributed by atoms with Gasteiger partial charge in [-0.05, 0) is 12.1 Å². The van der Waals surface area contributed by atoms with Crippen molar-refractivity contribution in [2.75, 3.05) is 0 Å². The zero-order chi connectivity index (χ0) is 8.27. The van der Waals surface area contributed by atoms with Crippen LogP contribution in [-0.4, -0.2) is 11.1 Å². The number of hydrogen-bond acceptors (Lipinski definition) is 3. The second kappa shape index (κ2) is 4.77. The van der Waals surface area contributed by atoms with Crippen LogP contribution in [-0.2, 0) is 17.1 Å². The van der Waals surface area contributed by atoms with Crippen molar-refractivity contribution in [2.24, 2.45) is 5.90 Å². The number of carboxylic acids is 1. The standard InChI is InChI=1S/C7H7NO3.Cu/c8-11-6-4-2-1-3-5(6)7(9)10;/h1-4H,8H2,(H,9,10);. The van der Waals surface area contributed by atoms with Crippen molar-refractivity contribution in [3.8, 4) is 5.75 Å². The first-order valence-electron chi connectivity index (χ1n) is 2.94. The fraction of sp³-hybridized carbons (Fsp3) is 0. The molecular formula is C7H7CuNO3. The molecule has 0 atom stereocenters. The van der Waals surface area contributed by atoms with E-state index in [4.69, 9.17) is 11.0 Å². The number of nitrogens with two attached hydrogens (primary N) is 1. The molecule has 1 aromatic rings. The van der Waals surface area contributed by atoms with Crippen molar-refractivity contribution >= 4 is 5.97 Å². The molecule has 0 heterocycles. The zero-order valence-electron chi connectivity index (χ0n) is 5.95. The first kappa shape index (κ1) is 11.0. The number of hydrogen-bond donors (Lipinski definition) is 2. The predicted octanol–water partition coefficient (Wildman–Crippen LogP) is 0.635. The van der Waals surface area contributed by atoms with Gasteiger partial charge in [-0.2, -0.15) is 5.90 Å². The van der Waals surface area contributed by atoms with Crippen LogP contribution in [0.5, 0.6) is 5.75 Å². The van der Waals surface area contributed by atoms with Crippen LogP contribution in [0.2, 0.25) is 0 Å². The molecule has 0 aliphatic rings. The molecule has 1 rings (SSSR count). The van der Waals surface area contributed by atoms with Gasteiger partial charge in [-0.25, -0.2) is 4.79 Å². The number of para-hydroxylation sites is 1. The molecule has 0 bridgehead atoms. The molecule has 4 nitrogen and oxygen atoms in total. The second-order valence-electron chi connectivity index (χ2n) is 1.92. The van der Waals surface area contributed by atoms with Crippen molar-refractivity contribution in [1.82, 2.24) is 0 Å². The predicted molar refractivity (Wildman–Crippen MR) is 38.2 cm³/mol. The Balaban J connectivity index is 0.00000121. The molecule has 0 saturated carbocycles. The van der Waals surface area contributed by atoms with E-state index in [0.717, 1.165) is 0 Å². The number of benzene rings is 1. The van der Waals surface area contributed by atoms with Crippen LogP contribution in [0, 0.1) is 0 Å². The third kappa shape index (κ3) is 2.23. The van der Waals surface area contributed by atoms with E-state index in [0.29, 0.717) is 0 Å². The molecule has 12 heavy (non-hydrogen) atoms. The maximum Gasteiger partial charge on any atom is 0.339 e. The van der Waals surface area contributed by atoms with E-state index < -0.39 is 5.97 Å². The van der Waals surface area contributed by atoms with Crippen LogP contribution in [0.1, 0.15) is 10.4 Å².